The summed E-state index contributed by atoms with van der Waals surface area (Å²) in [7, 11) is 0. The van der Waals surface area contributed by atoms with Crippen molar-refractivity contribution < 1.29 is 9.53 Å². The lowest BCUT2D eigenvalue weighted by Crippen LogP contribution is -2.34. The van der Waals surface area contributed by atoms with E-state index in [0.29, 0.717) is 0 Å². The van der Waals surface area contributed by atoms with Gasteiger partial charge in [0.15, 0.2) is 0 Å². The van der Waals surface area contributed by atoms with Crippen LogP contribution < -0.4 is 5.32 Å². The molecule has 0 saturated carbocycles. The fourth-order valence-corrected chi connectivity index (χ4v) is 1.49. The van der Waals surface area contributed by atoms with E-state index in [2.05, 4.69) is 17.2 Å². The Labute approximate surface area is 91.6 Å². The molecule has 0 unspecified atom stereocenters. The maximum Gasteiger partial charge on any atom is 0.384 e. The second-order valence-electron chi connectivity index (χ2n) is 5.11. The molecule has 15 heavy (non-hydrogen) atoms. The third-order valence-corrected chi connectivity index (χ3v) is 2.21. The highest BCUT2D eigenvalue weighted by molar-refractivity contribution is 5.89. The number of rotatable bonds is 0. The summed E-state index contributed by atoms with van der Waals surface area (Å²) in [5.74, 6) is 5.05. The molecular formula is C12H19NO2. The molecule has 0 aromatic heterocycles. The van der Waals surface area contributed by atoms with Crippen molar-refractivity contribution in [1.82, 2.24) is 5.32 Å². The van der Waals surface area contributed by atoms with Crippen LogP contribution in [0.1, 0.15) is 40.5 Å². The van der Waals surface area contributed by atoms with Crippen molar-refractivity contribution in [1.29, 1.82) is 0 Å². The second kappa shape index (κ2) is 4.24. The van der Waals surface area contributed by atoms with Gasteiger partial charge < -0.3 is 10.1 Å². The molecule has 0 bridgehead atoms. The van der Waals surface area contributed by atoms with Crippen LogP contribution in [0.4, 0.5) is 0 Å². The molecule has 0 radical (unpaired) electrons. The van der Waals surface area contributed by atoms with Crippen molar-refractivity contribution >= 4 is 5.97 Å². The van der Waals surface area contributed by atoms with Gasteiger partial charge in [-0.1, -0.05) is 5.92 Å². The lowest BCUT2D eigenvalue weighted by Gasteiger charge is -2.18. The van der Waals surface area contributed by atoms with Gasteiger partial charge in [0.25, 0.3) is 0 Å². The summed E-state index contributed by atoms with van der Waals surface area (Å²) in [4.78, 5) is 11.3. The Hall–Kier alpha value is -1.01. The van der Waals surface area contributed by atoms with Gasteiger partial charge in [0, 0.05) is 5.92 Å². The van der Waals surface area contributed by atoms with Gasteiger partial charge >= 0.3 is 5.97 Å². The largest absolute Gasteiger partial charge is 0.450 e. The minimum atomic E-state index is -0.463. The van der Waals surface area contributed by atoms with E-state index in [1.165, 1.54) is 0 Å². The zero-order valence-electron chi connectivity index (χ0n) is 9.94. The highest BCUT2D eigenvalue weighted by Crippen LogP contribution is 2.16. The van der Waals surface area contributed by atoms with Crippen LogP contribution in [-0.2, 0) is 9.53 Å². The fourth-order valence-electron chi connectivity index (χ4n) is 1.49. The molecule has 0 aliphatic carbocycles. The smallest absolute Gasteiger partial charge is 0.384 e. The van der Waals surface area contributed by atoms with Crippen molar-refractivity contribution in [2.75, 3.05) is 6.54 Å². The Morgan fingerprint density at radius 3 is 2.60 bits per heavy atom. The highest BCUT2D eigenvalue weighted by atomic mass is 16.6. The lowest BCUT2D eigenvalue weighted by atomic mass is 10.0. The normalized spacial score (nSPS) is 25.6. The van der Waals surface area contributed by atoms with E-state index in [0.717, 1.165) is 19.4 Å². The van der Waals surface area contributed by atoms with Crippen molar-refractivity contribution in [2.45, 2.75) is 51.7 Å². The third kappa shape index (κ3) is 4.35. The number of ether oxygens (including phenoxy) is 1. The molecule has 3 nitrogen and oxygen atoms in total. The van der Waals surface area contributed by atoms with Gasteiger partial charge in [-0.05, 0) is 47.1 Å². The fraction of sp³-hybridized carbons (Fsp3) is 0.750. The van der Waals surface area contributed by atoms with Gasteiger partial charge in [-0.25, -0.2) is 4.79 Å². The molecule has 0 spiro atoms. The van der Waals surface area contributed by atoms with Gasteiger partial charge in [-0.15, -0.1) is 0 Å². The van der Waals surface area contributed by atoms with Gasteiger partial charge in [0.05, 0.1) is 5.54 Å². The van der Waals surface area contributed by atoms with E-state index in [4.69, 9.17) is 4.74 Å². The molecule has 3 heteroatoms. The first-order valence-electron chi connectivity index (χ1n) is 5.32. The van der Waals surface area contributed by atoms with Gasteiger partial charge in [0.2, 0.25) is 0 Å². The van der Waals surface area contributed by atoms with Crippen LogP contribution in [0.25, 0.3) is 0 Å². The molecule has 0 amide bonds. The first-order valence-corrected chi connectivity index (χ1v) is 5.32. The molecule has 1 fully saturated rings. The topological polar surface area (TPSA) is 38.3 Å². The van der Waals surface area contributed by atoms with E-state index in [1.54, 1.807) is 0 Å². The van der Waals surface area contributed by atoms with E-state index in [1.807, 2.05) is 27.7 Å². The summed E-state index contributed by atoms with van der Waals surface area (Å²) in [5.41, 5.74) is -0.674. The number of hydrogen-bond acceptors (Lipinski definition) is 3. The number of hydrogen-bond donors (Lipinski definition) is 1. The number of nitrogens with one attached hydrogen (secondary N) is 1. The molecular weight excluding hydrogens is 190 g/mol. The second-order valence-corrected chi connectivity index (χ2v) is 5.11. The van der Waals surface area contributed by atoms with Crippen LogP contribution in [0.15, 0.2) is 0 Å². The average molecular weight is 209 g/mol. The molecule has 1 rings (SSSR count). The Balaban J connectivity index is 2.54. The van der Waals surface area contributed by atoms with Crippen LogP contribution in [-0.4, -0.2) is 23.7 Å². The summed E-state index contributed by atoms with van der Waals surface area (Å²) < 4.78 is 5.10. The molecule has 1 saturated heterocycles. The first-order chi connectivity index (χ1) is 6.81. The predicted octanol–water partition coefficient (Wildman–Crippen LogP) is 1.47. The van der Waals surface area contributed by atoms with Crippen molar-refractivity contribution in [2.24, 2.45) is 0 Å². The molecule has 1 N–H and O–H groups in total. The summed E-state index contributed by atoms with van der Waals surface area (Å²) in [6.07, 6.45) is 2.10. The number of carbonyl (C=O) groups excluding carboxylic acids is 1. The van der Waals surface area contributed by atoms with Crippen LogP contribution >= 0.6 is 0 Å². The highest BCUT2D eigenvalue weighted by Gasteiger charge is 2.25. The Kier molecular flexibility index (Phi) is 3.41. The van der Waals surface area contributed by atoms with Crippen LogP contribution in [0.5, 0.6) is 0 Å². The quantitative estimate of drug-likeness (QED) is 0.373. The zero-order chi connectivity index (χ0) is 11.5. The molecule has 1 aliphatic rings. The Morgan fingerprint density at radius 1 is 1.47 bits per heavy atom. The molecule has 84 valence electrons. The number of carbonyl (C=O) groups is 1. The minimum absolute atomic E-state index is 0.211. The Morgan fingerprint density at radius 2 is 2.13 bits per heavy atom. The van der Waals surface area contributed by atoms with E-state index >= 15 is 0 Å². The van der Waals surface area contributed by atoms with Crippen LogP contribution in [0.3, 0.4) is 0 Å². The standard InChI is InChI=1S/C12H19NO2/c1-11(2,3)15-10(14)6-8-12(4)7-5-9-13-12/h13H,5,7,9H2,1-4H3/t12-/m0/s1. The maximum atomic E-state index is 11.3. The molecule has 1 aliphatic heterocycles. The van der Waals surface area contributed by atoms with Crippen molar-refractivity contribution in [3.63, 3.8) is 0 Å². The maximum absolute atomic E-state index is 11.3. The molecule has 1 heterocycles. The SMILES string of the molecule is CC(C)(C)OC(=O)C#C[C@]1(C)CCCN1. The van der Waals surface area contributed by atoms with Crippen molar-refractivity contribution in [3.05, 3.63) is 0 Å². The third-order valence-electron chi connectivity index (χ3n) is 2.21. The summed E-state index contributed by atoms with van der Waals surface area (Å²) in [5, 5.41) is 3.27. The van der Waals surface area contributed by atoms with Crippen molar-refractivity contribution in [3.8, 4) is 11.8 Å². The number of esters is 1. The van der Waals surface area contributed by atoms with Gasteiger partial charge in [-0.2, -0.15) is 0 Å². The van der Waals surface area contributed by atoms with Crippen LogP contribution in [0.2, 0.25) is 0 Å². The zero-order valence-corrected chi connectivity index (χ0v) is 9.94. The van der Waals surface area contributed by atoms with Crippen LogP contribution in [0, 0.1) is 11.8 Å². The molecule has 1 atom stereocenters. The molecule has 0 aromatic carbocycles. The summed E-state index contributed by atoms with van der Waals surface area (Å²) in [6.45, 7) is 8.49. The lowest BCUT2D eigenvalue weighted by molar-refractivity contribution is -0.147. The predicted molar refractivity (Wildman–Crippen MR) is 59.3 cm³/mol. The van der Waals surface area contributed by atoms with E-state index in [9.17, 15) is 4.79 Å². The monoisotopic (exact) mass is 209 g/mol. The van der Waals surface area contributed by atoms with E-state index in [-0.39, 0.29) is 5.54 Å². The summed E-state index contributed by atoms with van der Waals surface area (Å²) >= 11 is 0. The minimum Gasteiger partial charge on any atom is -0.450 e. The van der Waals surface area contributed by atoms with Gasteiger partial charge in [0.1, 0.15) is 5.60 Å². The Bertz CT molecular complexity index is 298. The van der Waals surface area contributed by atoms with Gasteiger partial charge in [-0.3, -0.25) is 0 Å². The molecule has 0 aromatic rings. The summed E-state index contributed by atoms with van der Waals surface area (Å²) in [6, 6.07) is 0. The van der Waals surface area contributed by atoms with E-state index < -0.39 is 11.6 Å². The average Bonchev–Trinajstić information content (AvgIpc) is 2.47. The first kappa shape index (κ1) is 12.1.